The van der Waals surface area contributed by atoms with Gasteiger partial charge in [-0.05, 0) is 37.9 Å². The Kier molecular flexibility index (Phi) is 3.48. The maximum absolute atomic E-state index is 11.4. The van der Waals surface area contributed by atoms with E-state index in [4.69, 9.17) is 0 Å². The van der Waals surface area contributed by atoms with Crippen LogP contribution in [0.5, 0.6) is 0 Å². The molecule has 102 valence electrons. The monoisotopic (exact) mass is 278 g/mol. The van der Waals surface area contributed by atoms with Gasteiger partial charge in [0.25, 0.3) is 0 Å². The van der Waals surface area contributed by atoms with Gasteiger partial charge < -0.3 is 5.11 Å². The van der Waals surface area contributed by atoms with Crippen molar-refractivity contribution in [2.45, 2.75) is 50.0 Å². The first-order valence-electron chi connectivity index (χ1n) is 6.89. The fourth-order valence-electron chi connectivity index (χ4n) is 2.17. The lowest BCUT2D eigenvalue weighted by atomic mass is 10.2. The Morgan fingerprint density at radius 3 is 2.63 bits per heavy atom. The molecule has 3 rings (SSSR count). The highest BCUT2D eigenvalue weighted by molar-refractivity contribution is 7.99. The second-order valence-electron chi connectivity index (χ2n) is 5.51. The minimum Gasteiger partial charge on any atom is -0.478 e. The molecule has 2 aliphatic carbocycles. The molecule has 0 spiro atoms. The van der Waals surface area contributed by atoms with Crippen molar-refractivity contribution in [3.8, 4) is 0 Å². The van der Waals surface area contributed by atoms with Gasteiger partial charge in [0.2, 0.25) is 0 Å². The van der Waals surface area contributed by atoms with Crippen molar-refractivity contribution >= 4 is 17.7 Å². The molecular weight excluding hydrogens is 260 g/mol. The van der Waals surface area contributed by atoms with E-state index in [0.29, 0.717) is 22.2 Å². The number of rotatable bonds is 6. The fraction of sp³-hybridized carbons (Fsp3) is 0.643. The SMILES string of the molecule is Cc1nc(C2CC2)nc(SCCC2CC2)c1C(=O)O. The van der Waals surface area contributed by atoms with Crippen molar-refractivity contribution in [1.29, 1.82) is 0 Å². The highest BCUT2D eigenvalue weighted by atomic mass is 32.2. The zero-order valence-corrected chi connectivity index (χ0v) is 11.9. The lowest BCUT2D eigenvalue weighted by Gasteiger charge is -2.09. The van der Waals surface area contributed by atoms with E-state index in [1.54, 1.807) is 18.7 Å². The van der Waals surface area contributed by atoms with Crippen molar-refractivity contribution in [2.24, 2.45) is 5.92 Å². The number of aryl methyl sites for hydroxylation is 1. The van der Waals surface area contributed by atoms with Crippen molar-refractivity contribution in [3.05, 3.63) is 17.1 Å². The minimum absolute atomic E-state index is 0.296. The Morgan fingerprint density at radius 2 is 2.05 bits per heavy atom. The first-order chi connectivity index (χ1) is 9.15. The molecule has 0 saturated heterocycles. The molecule has 4 nitrogen and oxygen atoms in total. The third-order valence-corrected chi connectivity index (χ3v) is 4.70. The number of carboxylic acid groups (broad SMARTS) is 1. The Labute approximate surface area is 117 Å². The smallest absolute Gasteiger partial charge is 0.340 e. The summed E-state index contributed by atoms with van der Waals surface area (Å²) < 4.78 is 0. The summed E-state index contributed by atoms with van der Waals surface area (Å²) in [4.78, 5) is 20.2. The lowest BCUT2D eigenvalue weighted by molar-refractivity contribution is 0.0690. The quantitative estimate of drug-likeness (QED) is 0.639. The van der Waals surface area contributed by atoms with Crippen molar-refractivity contribution in [3.63, 3.8) is 0 Å². The van der Waals surface area contributed by atoms with E-state index in [9.17, 15) is 9.90 Å². The van der Waals surface area contributed by atoms with E-state index < -0.39 is 5.97 Å². The summed E-state index contributed by atoms with van der Waals surface area (Å²) in [6, 6.07) is 0. The maximum Gasteiger partial charge on any atom is 0.340 e. The second kappa shape index (κ2) is 5.12. The van der Waals surface area contributed by atoms with Crippen molar-refractivity contribution in [1.82, 2.24) is 9.97 Å². The molecule has 1 N–H and O–H groups in total. The summed E-state index contributed by atoms with van der Waals surface area (Å²) in [7, 11) is 0. The van der Waals surface area contributed by atoms with Gasteiger partial charge in [-0.25, -0.2) is 14.8 Å². The van der Waals surface area contributed by atoms with Crippen LogP contribution in [-0.2, 0) is 0 Å². The Hall–Kier alpha value is -1.10. The predicted octanol–water partition coefficient (Wildman–Crippen LogP) is 3.25. The van der Waals surface area contributed by atoms with E-state index in [-0.39, 0.29) is 0 Å². The van der Waals surface area contributed by atoms with E-state index in [1.165, 1.54) is 19.3 Å². The van der Waals surface area contributed by atoms with Crippen LogP contribution in [0.3, 0.4) is 0 Å². The molecule has 1 aromatic heterocycles. The van der Waals surface area contributed by atoms with Crippen LogP contribution < -0.4 is 0 Å². The average molecular weight is 278 g/mol. The molecule has 0 aromatic carbocycles. The van der Waals surface area contributed by atoms with Crippen LogP contribution in [0.1, 0.15) is 59.9 Å². The molecule has 0 atom stereocenters. The molecule has 2 fully saturated rings. The lowest BCUT2D eigenvalue weighted by Crippen LogP contribution is -2.09. The molecular formula is C14H18N2O2S. The largest absolute Gasteiger partial charge is 0.478 e. The number of nitrogens with zero attached hydrogens (tertiary/aromatic N) is 2. The number of carboxylic acids is 1. The predicted molar refractivity (Wildman–Crippen MR) is 73.8 cm³/mol. The number of hydrogen-bond donors (Lipinski definition) is 1. The van der Waals surface area contributed by atoms with Gasteiger partial charge >= 0.3 is 5.97 Å². The summed E-state index contributed by atoms with van der Waals surface area (Å²) in [6.07, 6.45) is 6.12. The Morgan fingerprint density at radius 1 is 1.32 bits per heavy atom. The molecule has 19 heavy (non-hydrogen) atoms. The first kappa shape index (κ1) is 12.9. The topological polar surface area (TPSA) is 63.1 Å². The van der Waals surface area contributed by atoms with E-state index >= 15 is 0 Å². The van der Waals surface area contributed by atoms with Crippen LogP contribution in [0.4, 0.5) is 0 Å². The number of hydrogen-bond acceptors (Lipinski definition) is 4. The molecule has 5 heteroatoms. The minimum atomic E-state index is -0.909. The molecule has 0 amide bonds. The van der Waals surface area contributed by atoms with Crippen LogP contribution in [0.15, 0.2) is 5.03 Å². The molecule has 0 bridgehead atoms. The summed E-state index contributed by atoms with van der Waals surface area (Å²) in [5.74, 6) is 2.23. The van der Waals surface area contributed by atoms with Crippen LogP contribution in [-0.4, -0.2) is 26.8 Å². The van der Waals surface area contributed by atoms with E-state index in [0.717, 1.165) is 30.3 Å². The summed E-state index contributed by atoms with van der Waals surface area (Å²) in [5, 5.41) is 9.99. The number of thioether (sulfide) groups is 1. The number of aromatic carboxylic acids is 1. The molecule has 2 saturated carbocycles. The normalized spacial score (nSPS) is 18.6. The van der Waals surface area contributed by atoms with Crippen molar-refractivity contribution in [2.75, 3.05) is 5.75 Å². The van der Waals surface area contributed by atoms with Gasteiger partial charge in [0.1, 0.15) is 16.4 Å². The fourth-order valence-corrected chi connectivity index (χ4v) is 3.35. The molecule has 2 aliphatic rings. The molecule has 1 heterocycles. The van der Waals surface area contributed by atoms with Gasteiger partial charge in [-0.3, -0.25) is 0 Å². The van der Waals surface area contributed by atoms with Gasteiger partial charge in [0, 0.05) is 5.92 Å². The standard InChI is InChI=1S/C14H18N2O2S/c1-8-11(14(17)18)13(19-7-6-9-2-3-9)16-12(15-8)10-4-5-10/h9-10H,2-7H2,1H3,(H,17,18). The zero-order chi connectivity index (χ0) is 13.4. The van der Waals surface area contributed by atoms with Crippen molar-refractivity contribution < 1.29 is 9.90 Å². The highest BCUT2D eigenvalue weighted by Crippen LogP contribution is 2.40. The first-order valence-corrected chi connectivity index (χ1v) is 7.88. The summed E-state index contributed by atoms with van der Waals surface area (Å²) in [6.45, 7) is 1.78. The Balaban J connectivity index is 1.81. The van der Waals surface area contributed by atoms with E-state index in [1.807, 2.05) is 0 Å². The number of carbonyl (C=O) groups is 1. The van der Waals surface area contributed by atoms with Gasteiger partial charge in [0.05, 0.1) is 5.69 Å². The average Bonchev–Trinajstić information content (AvgIpc) is 3.22. The van der Waals surface area contributed by atoms with Gasteiger partial charge in [-0.1, -0.05) is 12.8 Å². The third-order valence-electron chi connectivity index (χ3n) is 3.69. The molecule has 0 aliphatic heterocycles. The zero-order valence-electron chi connectivity index (χ0n) is 11.1. The molecule has 1 aromatic rings. The maximum atomic E-state index is 11.4. The van der Waals surface area contributed by atoms with Gasteiger partial charge in [-0.2, -0.15) is 0 Å². The number of aromatic nitrogens is 2. The third kappa shape index (κ3) is 3.08. The van der Waals surface area contributed by atoms with Crippen LogP contribution >= 0.6 is 11.8 Å². The second-order valence-corrected chi connectivity index (χ2v) is 6.59. The van der Waals surface area contributed by atoms with Crippen LogP contribution in [0, 0.1) is 12.8 Å². The van der Waals surface area contributed by atoms with Crippen LogP contribution in [0.25, 0.3) is 0 Å². The van der Waals surface area contributed by atoms with Crippen LogP contribution in [0.2, 0.25) is 0 Å². The van der Waals surface area contributed by atoms with Gasteiger partial charge in [0.15, 0.2) is 0 Å². The Bertz CT molecular complexity index is 510. The molecule has 0 unspecified atom stereocenters. The van der Waals surface area contributed by atoms with Gasteiger partial charge in [-0.15, -0.1) is 11.8 Å². The van der Waals surface area contributed by atoms with E-state index in [2.05, 4.69) is 9.97 Å². The summed E-state index contributed by atoms with van der Waals surface area (Å²) in [5.41, 5.74) is 0.906. The highest BCUT2D eigenvalue weighted by Gasteiger charge is 2.29. The molecule has 0 radical (unpaired) electrons. The summed E-state index contributed by atoms with van der Waals surface area (Å²) >= 11 is 1.59.